The summed E-state index contributed by atoms with van der Waals surface area (Å²) in [5.41, 5.74) is 1.92. The van der Waals surface area contributed by atoms with Gasteiger partial charge >= 0.3 is 0 Å². The van der Waals surface area contributed by atoms with E-state index in [1.54, 1.807) is 13.0 Å². The van der Waals surface area contributed by atoms with Crippen molar-refractivity contribution in [3.8, 4) is 0 Å². The molecule has 0 saturated carbocycles. The molecule has 0 bridgehead atoms. The number of aromatic nitrogens is 1. The number of nitrogens with one attached hydrogen (secondary N) is 2. The highest BCUT2D eigenvalue weighted by Gasteiger charge is 2.19. The monoisotopic (exact) mass is 275 g/mol. The van der Waals surface area contributed by atoms with Crippen molar-refractivity contribution in [3.05, 3.63) is 46.6 Å². The molecule has 20 heavy (non-hydrogen) atoms. The molecule has 3 rings (SSSR count). The third kappa shape index (κ3) is 2.30. The fourth-order valence-electron chi connectivity index (χ4n) is 2.29. The SMILES string of the molecule is Cc1cc(C(=O)Nc2ccc3c(c2F)CCNC3)no1. The lowest BCUT2D eigenvalue weighted by Crippen LogP contribution is -2.25. The molecule has 0 atom stereocenters. The van der Waals surface area contributed by atoms with Crippen LogP contribution in [0.4, 0.5) is 10.1 Å². The molecule has 2 N–H and O–H groups in total. The van der Waals surface area contributed by atoms with Crippen LogP contribution in [0.1, 0.15) is 27.4 Å². The van der Waals surface area contributed by atoms with E-state index in [1.807, 2.05) is 6.07 Å². The summed E-state index contributed by atoms with van der Waals surface area (Å²) in [5.74, 6) is -0.306. The van der Waals surface area contributed by atoms with E-state index in [9.17, 15) is 9.18 Å². The van der Waals surface area contributed by atoms with Crippen molar-refractivity contribution >= 4 is 11.6 Å². The van der Waals surface area contributed by atoms with Crippen LogP contribution in [0, 0.1) is 12.7 Å². The Morgan fingerprint density at radius 2 is 2.35 bits per heavy atom. The zero-order valence-electron chi connectivity index (χ0n) is 11.0. The van der Waals surface area contributed by atoms with Crippen molar-refractivity contribution < 1.29 is 13.7 Å². The van der Waals surface area contributed by atoms with Crippen molar-refractivity contribution in [1.82, 2.24) is 10.5 Å². The lowest BCUT2D eigenvalue weighted by Gasteiger charge is -2.19. The standard InChI is InChI=1S/C14H14FN3O2/c1-8-6-12(18-20-8)14(19)17-11-3-2-9-7-16-5-4-10(9)13(11)15/h2-3,6,16H,4-5,7H2,1H3,(H,17,19). The molecule has 0 saturated heterocycles. The Morgan fingerprint density at radius 1 is 1.50 bits per heavy atom. The Labute approximate surface area is 115 Å². The topological polar surface area (TPSA) is 67.2 Å². The number of fused-ring (bicyclic) bond motifs is 1. The Morgan fingerprint density at radius 3 is 3.10 bits per heavy atom. The van der Waals surface area contributed by atoms with Gasteiger partial charge in [-0.1, -0.05) is 11.2 Å². The Kier molecular flexibility index (Phi) is 3.23. The van der Waals surface area contributed by atoms with E-state index >= 15 is 0 Å². The summed E-state index contributed by atoms with van der Waals surface area (Å²) >= 11 is 0. The van der Waals surface area contributed by atoms with Crippen LogP contribution in [-0.4, -0.2) is 17.6 Å². The van der Waals surface area contributed by atoms with E-state index in [0.29, 0.717) is 24.3 Å². The van der Waals surface area contributed by atoms with Crippen molar-refractivity contribution in [1.29, 1.82) is 0 Å². The van der Waals surface area contributed by atoms with Crippen molar-refractivity contribution in [2.75, 3.05) is 11.9 Å². The van der Waals surface area contributed by atoms with Crippen LogP contribution in [0.3, 0.4) is 0 Å². The number of amides is 1. The average molecular weight is 275 g/mol. The number of hydrogen-bond acceptors (Lipinski definition) is 4. The molecule has 1 aliphatic rings. The van der Waals surface area contributed by atoms with Crippen LogP contribution in [0.5, 0.6) is 0 Å². The molecule has 0 fully saturated rings. The summed E-state index contributed by atoms with van der Waals surface area (Å²) in [5, 5.41) is 9.32. The van der Waals surface area contributed by atoms with E-state index in [2.05, 4.69) is 15.8 Å². The quantitative estimate of drug-likeness (QED) is 0.880. The smallest absolute Gasteiger partial charge is 0.277 e. The molecule has 5 nitrogen and oxygen atoms in total. The fourth-order valence-corrected chi connectivity index (χ4v) is 2.29. The van der Waals surface area contributed by atoms with Crippen molar-refractivity contribution in [2.45, 2.75) is 19.9 Å². The number of nitrogens with zero attached hydrogens (tertiary/aromatic N) is 1. The van der Waals surface area contributed by atoms with Gasteiger partial charge in [0.2, 0.25) is 0 Å². The average Bonchev–Trinajstić information content (AvgIpc) is 2.89. The summed E-state index contributed by atoms with van der Waals surface area (Å²) in [6.07, 6.45) is 0.619. The molecule has 0 spiro atoms. The molecule has 1 aliphatic heterocycles. The van der Waals surface area contributed by atoms with Gasteiger partial charge in [-0.05, 0) is 37.1 Å². The van der Waals surface area contributed by atoms with Gasteiger partial charge in [0.05, 0.1) is 5.69 Å². The molecule has 1 aromatic carbocycles. The van der Waals surface area contributed by atoms with Gasteiger partial charge in [-0.3, -0.25) is 4.79 Å². The van der Waals surface area contributed by atoms with Gasteiger partial charge in [-0.25, -0.2) is 4.39 Å². The maximum atomic E-state index is 14.3. The first kappa shape index (κ1) is 12.8. The number of anilines is 1. The number of aryl methyl sites for hydroxylation is 1. The molecule has 0 aliphatic carbocycles. The second-order valence-corrected chi connectivity index (χ2v) is 4.77. The lowest BCUT2D eigenvalue weighted by molar-refractivity contribution is 0.101. The van der Waals surface area contributed by atoms with E-state index in [4.69, 9.17) is 4.52 Å². The highest BCUT2D eigenvalue weighted by atomic mass is 19.1. The van der Waals surface area contributed by atoms with Crippen LogP contribution in [0.15, 0.2) is 22.7 Å². The Bertz CT molecular complexity index is 666. The fraction of sp³-hybridized carbons (Fsp3) is 0.286. The zero-order valence-corrected chi connectivity index (χ0v) is 11.0. The van der Waals surface area contributed by atoms with E-state index in [-0.39, 0.29) is 17.2 Å². The normalized spacial score (nSPS) is 13.9. The molecule has 2 heterocycles. The molecule has 2 aromatic rings. The first-order chi connectivity index (χ1) is 9.65. The van der Waals surface area contributed by atoms with Crippen molar-refractivity contribution in [2.24, 2.45) is 0 Å². The van der Waals surface area contributed by atoms with Gasteiger partial charge in [0.1, 0.15) is 11.6 Å². The zero-order chi connectivity index (χ0) is 14.1. The van der Waals surface area contributed by atoms with Crippen LogP contribution < -0.4 is 10.6 Å². The van der Waals surface area contributed by atoms with Gasteiger partial charge in [-0.15, -0.1) is 0 Å². The number of rotatable bonds is 2. The van der Waals surface area contributed by atoms with Gasteiger partial charge < -0.3 is 15.2 Å². The summed E-state index contributed by atoms with van der Waals surface area (Å²) in [6.45, 7) is 3.09. The minimum Gasteiger partial charge on any atom is -0.361 e. The third-order valence-electron chi connectivity index (χ3n) is 3.32. The molecule has 0 unspecified atom stereocenters. The third-order valence-corrected chi connectivity index (χ3v) is 3.32. The van der Waals surface area contributed by atoms with Crippen LogP contribution in [0.25, 0.3) is 0 Å². The predicted molar refractivity (Wildman–Crippen MR) is 71.0 cm³/mol. The van der Waals surface area contributed by atoms with E-state index in [1.165, 1.54) is 6.07 Å². The number of carbonyl (C=O) groups is 1. The molecule has 1 aromatic heterocycles. The largest absolute Gasteiger partial charge is 0.361 e. The summed E-state index contributed by atoms with van der Waals surface area (Å²) in [7, 11) is 0. The van der Waals surface area contributed by atoms with Gasteiger partial charge in [-0.2, -0.15) is 0 Å². The second kappa shape index (κ2) is 5.05. The summed E-state index contributed by atoms with van der Waals surface area (Å²) < 4.78 is 19.2. The van der Waals surface area contributed by atoms with E-state index in [0.717, 1.165) is 12.1 Å². The van der Waals surface area contributed by atoms with E-state index < -0.39 is 5.91 Å². The minimum absolute atomic E-state index is 0.140. The van der Waals surface area contributed by atoms with Crippen molar-refractivity contribution in [3.63, 3.8) is 0 Å². The summed E-state index contributed by atoms with van der Waals surface area (Å²) in [4.78, 5) is 11.9. The molecular formula is C14H14FN3O2. The molecular weight excluding hydrogens is 261 g/mol. The molecule has 0 radical (unpaired) electrons. The van der Waals surface area contributed by atoms with Crippen LogP contribution in [0.2, 0.25) is 0 Å². The van der Waals surface area contributed by atoms with Gasteiger partial charge in [0.25, 0.3) is 5.91 Å². The first-order valence-electron chi connectivity index (χ1n) is 6.41. The van der Waals surface area contributed by atoms with Crippen LogP contribution >= 0.6 is 0 Å². The Hall–Kier alpha value is -2.21. The highest BCUT2D eigenvalue weighted by molar-refractivity contribution is 6.02. The number of hydrogen-bond donors (Lipinski definition) is 2. The number of carbonyl (C=O) groups excluding carboxylic acids is 1. The molecule has 104 valence electrons. The molecule has 1 amide bonds. The number of halogens is 1. The van der Waals surface area contributed by atoms with Gasteiger partial charge in [0, 0.05) is 12.6 Å². The highest BCUT2D eigenvalue weighted by Crippen LogP contribution is 2.24. The first-order valence-corrected chi connectivity index (χ1v) is 6.41. The second-order valence-electron chi connectivity index (χ2n) is 4.77. The molecule has 6 heteroatoms. The predicted octanol–water partition coefficient (Wildman–Crippen LogP) is 2.02. The maximum absolute atomic E-state index is 14.3. The Balaban J connectivity index is 1.86. The maximum Gasteiger partial charge on any atom is 0.277 e. The number of benzene rings is 1. The van der Waals surface area contributed by atoms with Crippen LogP contribution in [-0.2, 0) is 13.0 Å². The summed E-state index contributed by atoms with van der Waals surface area (Å²) in [6, 6.07) is 4.91. The lowest BCUT2D eigenvalue weighted by atomic mass is 9.99. The van der Waals surface area contributed by atoms with Gasteiger partial charge in [0.15, 0.2) is 5.69 Å². The minimum atomic E-state index is -0.477.